The summed E-state index contributed by atoms with van der Waals surface area (Å²) in [5.74, 6) is -0.0730. The van der Waals surface area contributed by atoms with Gasteiger partial charge in [-0.3, -0.25) is 9.59 Å². The maximum absolute atomic E-state index is 13.9. The van der Waals surface area contributed by atoms with Crippen LogP contribution in [0.1, 0.15) is 77.8 Å². The van der Waals surface area contributed by atoms with Crippen molar-refractivity contribution in [3.8, 4) is 0 Å². The van der Waals surface area contributed by atoms with Crippen LogP contribution in [0.4, 0.5) is 4.39 Å². The van der Waals surface area contributed by atoms with Crippen LogP contribution in [0.5, 0.6) is 0 Å². The molecule has 2 amide bonds. The fraction of sp³-hybridized carbons (Fsp3) is 0.613. The zero-order chi connectivity index (χ0) is 28.3. The Hall–Kier alpha value is -2.51. The van der Waals surface area contributed by atoms with Crippen LogP contribution < -0.4 is 16.0 Å². The highest BCUT2D eigenvalue weighted by Crippen LogP contribution is 2.39. The molecule has 0 bridgehead atoms. The number of halogens is 1. The molecule has 6 nitrogen and oxygen atoms in total. The molecule has 0 fully saturated rings. The molecule has 2 rings (SSSR count). The van der Waals surface area contributed by atoms with Crippen molar-refractivity contribution in [1.29, 1.82) is 0 Å². The summed E-state index contributed by atoms with van der Waals surface area (Å²) in [6.45, 7) is 13.7. The van der Waals surface area contributed by atoms with Gasteiger partial charge in [-0.2, -0.15) is 0 Å². The molecular weight excluding hydrogens is 481 g/mol. The van der Waals surface area contributed by atoms with Gasteiger partial charge >= 0.3 is 0 Å². The average molecular weight is 530 g/mol. The van der Waals surface area contributed by atoms with E-state index in [1.54, 1.807) is 19.1 Å². The maximum Gasteiger partial charge on any atom is 0.247 e. The van der Waals surface area contributed by atoms with E-state index in [4.69, 9.17) is 0 Å². The van der Waals surface area contributed by atoms with Crippen LogP contribution in [-0.2, 0) is 16.0 Å². The summed E-state index contributed by atoms with van der Waals surface area (Å²) in [4.78, 5) is 26.8. The van der Waals surface area contributed by atoms with E-state index >= 15 is 0 Å². The molecular formula is C31H48FN3O3. The highest BCUT2D eigenvalue weighted by molar-refractivity contribution is 5.97. The smallest absolute Gasteiger partial charge is 0.247 e. The maximum atomic E-state index is 13.9. The van der Waals surface area contributed by atoms with E-state index in [1.807, 2.05) is 32.9 Å². The van der Waals surface area contributed by atoms with Gasteiger partial charge in [-0.25, -0.2) is 4.39 Å². The Morgan fingerprint density at radius 1 is 1.13 bits per heavy atom. The molecule has 1 aliphatic rings. The third kappa shape index (κ3) is 9.35. The van der Waals surface area contributed by atoms with E-state index in [9.17, 15) is 19.1 Å². The molecule has 0 radical (unpaired) electrons. The van der Waals surface area contributed by atoms with Crippen molar-refractivity contribution in [3.05, 3.63) is 58.4 Å². The molecule has 0 saturated heterocycles. The number of allylic oxidation sites excluding steroid dienone is 2. The second-order valence-corrected chi connectivity index (χ2v) is 11.2. The number of aliphatic hydroxyl groups excluding tert-OH is 1. The van der Waals surface area contributed by atoms with E-state index in [0.717, 1.165) is 36.9 Å². The monoisotopic (exact) mass is 529 g/mol. The Morgan fingerprint density at radius 3 is 2.50 bits per heavy atom. The van der Waals surface area contributed by atoms with Crippen molar-refractivity contribution >= 4 is 11.8 Å². The van der Waals surface area contributed by atoms with Crippen molar-refractivity contribution < 1.29 is 19.1 Å². The van der Waals surface area contributed by atoms with Crippen LogP contribution in [0.25, 0.3) is 0 Å². The number of hydrogen-bond acceptors (Lipinski definition) is 4. The van der Waals surface area contributed by atoms with Gasteiger partial charge in [-0.05, 0) is 75.6 Å². The number of aryl methyl sites for hydroxylation is 1. The summed E-state index contributed by atoms with van der Waals surface area (Å²) in [6.07, 6.45) is 6.94. The molecule has 4 N–H and O–H groups in total. The van der Waals surface area contributed by atoms with Crippen LogP contribution in [0.2, 0.25) is 0 Å². The van der Waals surface area contributed by atoms with Gasteiger partial charge in [-0.1, -0.05) is 64.0 Å². The van der Waals surface area contributed by atoms with Crippen molar-refractivity contribution in [2.24, 2.45) is 11.3 Å². The molecule has 0 aliphatic heterocycles. The third-order valence-corrected chi connectivity index (χ3v) is 7.10. The predicted octanol–water partition coefficient (Wildman–Crippen LogP) is 4.75. The second kappa shape index (κ2) is 15.2. The minimum atomic E-state index is -0.842. The number of benzene rings is 1. The van der Waals surface area contributed by atoms with Gasteiger partial charge in [0.25, 0.3) is 0 Å². The number of hydrogen-bond donors (Lipinski definition) is 4. The highest BCUT2D eigenvalue weighted by Gasteiger charge is 2.39. The van der Waals surface area contributed by atoms with Gasteiger partial charge in [0.2, 0.25) is 11.8 Å². The normalized spacial score (nSPS) is 19.0. The van der Waals surface area contributed by atoms with Crippen LogP contribution in [0, 0.1) is 24.1 Å². The zero-order valence-electron chi connectivity index (χ0n) is 24.1. The Labute approximate surface area is 228 Å². The SMILES string of the molecule is CCCNC(=O)C1(CCC)C=C(C)C=C(C(=O)N[C@@H](Cc2ccc(F)c(C)c2)[C@H](O)CNCCC(C)C)C1. The predicted molar refractivity (Wildman–Crippen MR) is 152 cm³/mol. The number of nitrogens with one attached hydrogen (secondary N) is 3. The van der Waals surface area contributed by atoms with Gasteiger partial charge in [0.05, 0.1) is 17.6 Å². The lowest BCUT2D eigenvalue weighted by Crippen LogP contribution is -2.50. The Morgan fingerprint density at radius 2 is 1.87 bits per heavy atom. The molecule has 1 aromatic carbocycles. The van der Waals surface area contributed by atoms with Crippen molar-refractivity contribution in [1.82, 2.24) is 16.0 Å². The molecule has 1 aromatic rings. The van der Waals surface area contributed by atoms with Gasteiger partial charge in [0, 0.05) is 18.7 Å². The van der Waals surface area contributed by atoms with Crippen LogP contribution in [0.15, 0.2) is 41.5 Å². The molecule has 3 atom stereocenters. The van der Waals surface area contributed by atoms with Crippen LogP contribution in [-0.4, -0.2) is 48.7 Å². The number of aliphatic hydroxyl groups is 1. The highest BCUT2D eigenvalue weighted by atomic mass is 19.1. The fourth-order valence-electron chi connectivity index (χ4n) is 5.04. The van der Waals surface area contributed by atoms with E-state index in [-0.39, 0.29) is 17.6 Å². The Balaban J connectivity index is 2.24. The molecule has 1 unspecified atom stereocenters. The molecule has 7 heteroatoms. The fourth-order valence-corrected chi connectivity index (χ4v) is 5.04. The Bertz CT molecular complexity index is 1000. The van der Waals surface area contributed by atoms with E-state index < -0.39 is 17.6 Å². The third-order valence-electron chi connectivity index (χ3n) is 7.10. The number of carbonyl (C=O) groups excluding carboxylic acids is 2. The largest absolute Gasteiger partial charge is 0.390 e. The summed E-state index contributed by atoms with van der Waals surface area (Å²) in [7, 11) is 0. The first-order valence-electron chi connectivity index (χ1n) is 14.1. The molecule has 212 valence electrons. The summed E-state index contributed by atoms with van der Waals surface area (Å²) < 4.78 is 13.9. The lowest BCUT2D eigenvalue weighted by molar-refractivity contribution is -0.129. The quantitative estimate of drug-likeness (QED) is 0.247. The van der Waals surface area contributed by atoms with E-state index in [1.165, 1.54) is 6.07 Å². The topological polar surface area (TPSA) is 90.5 Å². The lowest BCUT2D eigenvalue weighted by Gasteiger charge is -2.34. The Kier molecular flexibility index (Phi) is 12.7. The minimum Gasteiger partial charge on any atom is -0.390 e. The van der Waals surface area contributed by atoms with Gasteiger partial charge in [-0.15, -0.1) is 0 Å². The lowest BCUT2D eigenvalue weighted by atomic mass is 9.72. The number of amides is 2. The summed E-state index contributed by atoms with van der Waals surface area (Å²) in [5.41, 5.74) is 2.00. The van der Waals surface area contributed by atoms with E-state index in [0.29, 0.717) is 49.4 Å². The number of rotatable bonds is 15. The second-order valence-electron chi connectivity index (χ2n) is 11.2. The minimum absolute atomic E-state index is 0.0494. The van der Waals surface area contributed by atoms with Gasteiger partial charge in [0.15, 0.2) is 0 Å². The summed E-state index contributed by atoms with van der Waals surface area (Å²) in [6, 6.07) is 4.28. The van der Waals surface area contributed by atoms with Crippen molar-refractivity contribution in [2.45, 2.75) is 92.2 Å². The molecule has 1 aliphatic carbocycles. The first kappa shape index (κ1) is 31.7. The molecule has 0 saturated carbocycles. The first-order chi connectivity index (χ1) is 18.0. The number of carbonyl (C=O) groups is 2. The first-order valence-corrected chi connectivity index (χ1v) is 14.1. The van der Waals surface area contributed by atoms with E-state index in [2.05, 4.69) is 29.8 Å². The molecule has 0 heterocycles. The standard InChI is InChI=1S/C31H48FN3O3/c1-7-12-31(30(38)34-13-8-2)18-22(5)15-25(19-31)29(37)35-27(28(36)20-33-14-11-21(3)4)17-24-9-10-26(32)23(6)16-24/h9-10,15-16,18,21,27-28,33,36H,7-8,11-14,17,19-20H2,1-6H3,(H,34,38)(H,35,37)/t27-,28+,31?/m0/s1. The van der Waals surface area contributed by atoms with Crippen molar-refractivity contribution in [3.63, 3.8) is 0 Å². The molecule has 0 spiro atoms. The van der Waals surface area contributed by atoms with Crippen molar-refractivity contribution in [2.75, 3.05) is 19.6 Å². The van der Waals surface area contributed by atoms with Crippen LogP contribution in [0.3, 0.4) is 0 Å². The zero-order valence-corrected chi connectivity index (χ0v) is 24.1. The summed E-state index contributed by atoms with van der Waals surface area (Å²) in [5, 5.41) is 20.4. The average Bonchev–Trinajstić information content (AvgIpc) is 2.86. The van der Waals surface area contributed by atoms with Crippen LogP contribution >= 0.6 is 0 Å². The molecule has 38 heavy (non-hydrogen) atoms. The van der Waals surface area contributed by atoms with Gasteiger partial charge in [0.1, 0.15) is 5.82 Å². The molecule has 0 aromatic heterocycles. The van der Waals surface area contributed by atoms with Gasteiger partial charge < -0.3 is 21.1 Å². The summed E-state index contributed by atoms with van der Waals surface area (Å²) >= 11 is 0.